The first-order valence-electron chi connectivity index (χ1n) is 6.01. The van der Waals surface area contributed by atoms with Crippen LogP contribution < -0.4 is 0 Å². The Kier molecular flexibility index (Phi) is 3.75. The number of carboxylic acid groups (broad SMARTS) is 1. The molecule has 0 aliphatic carbocycles. The molecule has 0 bridgehead atoms. The number of ether oxygens (including phenoxy) is 1. The number of esters is 1. The molecule has 0 saturated carbocycles. The maximum atomic E-state index is 14.0. The quantitative estimate of drug-likeness (QED) is 0.875. The van der Waals surface area contributed by atoms with Crippen LogP contribution in [-0.2, 0) is 11.8 Å². The number of carbonyl (C=O) groups is 2. The number of hydrogen-bond donors (Lipinski definition) is 1. The molecule has 6 nitrogen and oxygen atoms in total. The summed E-state index contributed by atoms with van der Waals surface area (Å²) in [5.41, 5.74) is 0.836. The van der Waals surface area contributed by atoms with Gasteiger partial charge in [0, 0.05) is 12.6 Å². The zero-order valence-corrected chi connectivity index (χ0v) is 11.7. The third kappa shape index (κ3) is 2.62. The Labute approximate surface area is 119 Å². The Hall–Kier alpha value is -2.70. The van der Waals surface area contributed by atoms with Gasteiger partial charge in [0.25, 0.3) is 0 Å². The van der Waals surface area contributed by atoms with Gasteiger partial charge in [-0.2, -0.15) is 5.10 Å². The smallest absolute Gasteiger partial charge is 0.356 e. The Morgan fingerprint density at radius 1 is 1.33 bits per heavy atom. The summed E-state index contributed by atoms with van der Waals surface area (Å²) in [4.78, 5) is 22.6. The number of halogens is 1. The van der Waals surface area contributed by atoms with Crippen LogP contribution in [0.4, 0.5) is 4.39 Å². The van der Waals surface area contributed by atoms with Crippen molar-refractivity contribution < 1.29 is 23.8 Å². The molecule has 0 aliphatic rings. The van der Waals surface area contributed by atoms with Crippen LogP contribution in [-0.4, -0.2) is 33.9 Å². The lowest BCUT2D eigenvalue weighted by Gasteiger charge is -2.09. The summed E-state index contributed by atoms with van der Waals surface area (Å²) < 4.78 is 19.9. The van der Waals surface area contributed by atoms with Crippen LogP contribution in [0.5, 0.6) is 0 Å². The number of carbonyl (C=O) groups excluding carboxylic acids is 1. The molecule has 1 aromatic heterocycles. The van der Waals surface area contributed by atoms with E-state index in [-0.39, 0.29) is 16.8 Å². The summed E-state index contributed by atoms with van der Waals surface area (Å²) in [5.74, 6) is -2.42. The third-order valence-corrected chi connectivity index (χ3v) is 3.14. The highest BCUT2D eigenvalue weighted by Gasteiger charge is 2.18. The molecule has 1 heterocycles. The second kappa shape index (κ2) is 5.35. The molecule has 0 spiro atoms. The van der Waals surface area contributed by atoms with Crippen LogP contribution in [0, 0.1) is 12.7 Å². The van der Waals surface area contributed by atoms with Crippen LogP contribution in [0.15, 0.2) is 18.2 Å². The normalized spacial score (nSPS) is 10.5. The fourth-order valence-corrected chi connectivity index (χ4v) is 1.99. The Morgan fingerprint density at radius 3 is 2.52 bits per heavy atom. The number of hydrogen-bond acceptors (Lipinski definition) is 4. The molecule has 1 aromatic carbocycles. The van der Waals surface area contributed by atoms with Crippen molar-refractivity contribution in [1.82, 2.24) is 9.78 Å². The molecule has 0 unspecified atom stereocenters. The number of benzene rings is 1. The monoisotopic (exact) mass is 292 g/mol. The van der Waals surface area contributed by atoms with E-state index in [9.17, 15) is 14.0 Å². The molecule has 0 amide bonds. The fraction of sp³-hybridized carbons (Fsp3) is 0.214. The molecule has 0 fully saturated rings. The second-order valence-electron chi connectivity index (χ2n) is 4.47. The first-order chi connectivity index (χ1) is 9.85. The number of rotatable bonds is 3. The third-order valence-electron chi connectivity index (χ3n) is 3.14. The highest BCUT2D eigenvalue weighted by Crippen LogP contribution is 2.25. The van der Waals surface area contributed by atoms with Crippen LogP contribution >= 0.6 is 0 Å². The average Bonchev–Trinajstić information content (AvgIpc) is 2.83. The molecule has 7 heteroatoms. The first-order valence-corrected chi connectivity index (χ1v) is 6.01. The minimum absolute atomic E-state index is 0.0885. The van der Waals surface area contributed by atoms with Crippen molar-refractivity contribution in [1.29, 1.82) is 0 Å². The predicted octanol–water partition coefficient (Wildman–Crippen LogP) is 2.02. The molecule has 110 valence electrons. The van der Waals surface area contributed by atoms with Gasteiger partial charge in [-0.05, 0) is 30.7 Å². The van der Waals surface area contributed by atoms with E-state index in [0.29, 0.717) is 11.3 Å². The summed E-state index contributed by atoms with van der Waals surface area (Å²) in [7, 11) is 2.75. The lowest BCUT2D eigenvalue weighted by molar-refractivity contribution is 0.0598. The maximum Gasteiger partial charge on any atom is 0.356 e. The summed E-state index contributed by atoms with van der Waals surface area (Å²) in [5, 5.41) is 12.7. The number of carboxylic acids is 1. The first kappa shape index (κ1) is 14.7. The van der Waals surface area contributed by atoms with Gasteiger partial charge in [-0.15, -0.1) is 0 Å². The topological polar surface area (TPSA) is 81.4 Å². The molecular weight excluding hydrogens is 279 g/mol. The Bertz CT molecular complexity index is 737. The molecule has 21 heavy (non-hydrogen) atoms. The SMILES string of the molecule is COC(=O)c1cc(-c2cc(C(=O)O)nn2C)cc(F)c1C. The van der Waals surface area contributed by atoms with E-state index in [1.54, 1.807) is 0 Å². The van der Waals surface area contributed by atoms with Crippen LogP contribution in [0.2, 0.25) is 0 Å². The van der Waals surface area contributed by atoms with Gasteiger partial charge in [0.2, 0.25) is 0 Å². The lowest BCUT2D eigenvalue weighted by atomic mass is 10.0. The van der Waals surface area contributed by atoms with Crippen molar-refractivity contribution >= 4 is 11.9 Å². The lowest BCUT2D eigenvalue weighted by Crippen LogP contribution is -2.06. The van der Waals surface area contributed by atoms with E-state index < -0.39 is 17.8 Å². The van der Waals surface area contributed by atoms with Crippen molar-refractivity contribution in [2.75, 3.05) is 7.11 Å². The van der Waals surface area contributed by atoms with Gasteiger partial charge < -0.3 is 9.84 Å². The minimum atomic E-state index is -1.18. The highest BCUT2D eigenvalue weighted by atomic mass is 19.1. The van der Waals surface area contributed by atoms with Crippen molar-refractivity contribution in [3.63, 3.8) is 0 Å². The summed E-state index contributed by atoms with van der Waals surface area (Å²) in [6, 6.07) is 3.99. The summed E-state index contributed by atoms with van der Waals surface area (Å²) >= 11 is 0. The average molecular weight is 292 g/mol. The predicted molar refractivity (Wildman–Crippen MR) is 71.6 cm³/mol. The number of nitrogens with zero attached hydrogens (tertiary/aromatic N) is 2. The van der Waals surface area contributed by atoms with E-state index >= 15 is 0 Å². The zero-order valence-electron chi connectivity index (χ0n) is 11.7. The van der Waals surface area contributed by atoms with E-state index in [1.165, 1.54) is 44.0 Å². The van der Waals surface area contributed by atoms with E-state index in [4.69, 9.17) is 5.11 Å². The number of aromatic nitrogens is 2. The van der Waals surface area contributed by atoms with Crippen molar-refractivity contribution in [2.45, 2.75) is 6.92 Å². The molecule has 2 rings (SSSR count). The van der Waals surface area contributed by atoms with Gasteiger partial charge in [-0.1, -0.05) is 0 Å². The standard InChI is InChI=1S/C14H13FN2O4/c1-7-9(14(20)21-3)4-8(5-10(7)15)12-6-11(13(18)19)16-17(12)2/h4-6H,1-3H3,(H,18,19). The number of methoxy groups -OCH3 is 1. The van der Waals surface area contributed by atoms with Gasteiger partial charge in [0.1, 0.15) is 5.82 Å². The number of aryl methyl sites for hydroxylation is 1. The van der Waals surface area contributed by atoms with Gasteiger partial charge in [0.05, 0.1) is 18.4 Å². The van der Waals surface area contributed by atoms with E-state index in [0.717, 1.165) is 0 Å². The molecule has 0 atom stereocenters. The van der Waals surface area contributed by atoms with E-state index in [2.05, 4.69) is 9.84 Å². The molecule has 0 saturated heterocycles. The fourth-order valence-electron chi connectivity index (χ4n) is 1.99. The molecule has 2 aromatic rings. The van der Waals surface area contributed by atoms with Crippen LogP contribution in [0.25, 0.3) is 11.3 Å². The second-order valence-corrected chi connectivity index (χ2v) is 4.47. The van der Waals surface area contributed by atoms with Gasteiger partial charge in [-0.3, -0.25) is 4.68 Å². The Balaban J connectivity index is 2.62. The maximum absolute atomic E-state index is 14.0. The summed E-state index contributed by atoms with van der Waals surface area (Å²) in [6.45, 7) is 1.47. The van der Waals surface area contributed by atoms with Crippen LogP contribution in [0.3, 0.4) is 0 Å². The van der Waals surface area contributed by atoms with Gasteiger partial charge in [0.15, 0.2) is 5.69 Å². The van der Waals surface area contributed by atoms with E-state index in [1.807, 2.05) is 0 Å². The van der Waals surface area contributed by atoms with Crippen LogP contribution in [0.1, 0.15) is 26.4 Å². The largest absolute Gasteiger partial charge is 0.476 e. The molecule has 0 radical (unpaired) electrons. The highest BCUT2D eigenvalue weighted by molar-refractivity contribution is 5.93. The van der Waals surface area contributed by atoms with Crippen molar-refractivity contribution in [3.05, 3.63) is 40.8 Å². The van der Waals surface area contributed by atoms with Crippen molar-refractivity contribution in [2.24, 2.45) is 7.05 Å². The van der Waals surface area contributed by atoms with Gasteiger partial charge >= 0.3 is 11.9 Å². The molecular formula is C14H13FN2O4. The number of aromatic carboxylic acids is 1. The van der Waals surface area contributed by atoms with Gasteiger partial charge in [-0.25, -0.2) is 14.0 Å². The summed E-state index contributed by atoms with van der Waals surface area (Å²) in [6.07, 6.45) is 0. The molecule has 0 aliphatic heterocycles. The van der Waals surface area contributed by atoms with Crippen molar-refractivity contribution in [3.8, 4) is 11.3 Å². The molecule has 1 N–H and O–H groups in total. The zero-order chi connectivity index (χ0) is 15.7. The minimum Gasteiger partial charge on any atom is -0.476 e. The Morgan fingerprint density at radius 2 is 2.00 bits per heavy atom.